The number of fused-ring (bicyclic) bond motifs is 2. The summed E-state index contributed by atoms with van der Waals surface area (Å²) in [7, 11) is 0. The maximum atomic E-state index is 12.4. The Morgan fingerprint density at radius 1 is 0.900 bits per heavy atom. The molecule has 7 nitrogen and oxygen atoms in total. The molecule has 1 aliphatic heterocycles. The molecule has 0 aromatic heterocycles. The Morgan fingerprint density at radius 3 is 2.57 bits per heavy atom. The molecular formula is C23H23NO6. The van der Waals surface area contributed by atoms with E-state index in [9.17, 15) is 14.4 Å². The molecule has 30 heavy (non-hydrogen) atoms. The highest BCUT2D eigenvalue weighted by Crippen LogP contribution is 2.34. The van der Waals surface area contributed by atoms with Crippen molar-refractivity contribution in [2.75, 3.05) is 18.7 Å². The van der Waals surface area contributed by atoms with E-state index in [1.807, 2.05) is 18.2 Å². The van der Waals surface area contributed by atoms with Gasteiger partial charge in [-0.2, -0.15) is 0 Å². The van der Waals surface area contributed by atoms with Crippen molar-refractivity contribution in [2.45, 2.75) is 38.5 Å². The molecule has 2 aliphatic rings. The number of anilines is 1. The number of hydrogen-bond donors (Lipinski definition) is 1. The van der Waals surface area contributed by atoms with Crippen LogP contribution in [0.15, 0.2) is 36.4 Å². The number of esters is 1. The minimum absolute atomic E-state index is 0.0569. The van der Waals surface area contributed by atoms with Gasteiger partial charge in [0.25, 0.3) is 5.91 Å². The Morgan fingerprint density at radius 2 is 1.70 bits per heavy atom. The van der Waals surface area contributed by atoms with Crippen molar-refractivity contribution >= 4 is 23.3 Å². The van der Waals surface area contributed by atoms with Gasteiger partial charge in [0.15, 0.2) is 23.9 Å². The SMILES string of the molecule is O=C(COC(=O)CCC(=O)c1ccc2c(c1)CCCC2)Nc1ccc2c(c1)OCO2. The average Bonchev–Trinajstić information content (AvgIpc) is 3.23. The Hall–Kier alpha value is -3.35. The molecule has 4 rings (SSSR count). The van der Waals surface area contributed by atoms with E-state index in [2.05, 4.69) is 5.32 Å². The molecule has 0 atom stereocenters. The standard InChI is InChI=1S/C23H23NO6/c25-19(17-6-5-15-3-1-2-4-16(15)11-17)8-10-23(27)28-13-22(26)24-18-7-9-20-21(12-18)30-14-29-20/h5-7,9,11-12H,1-4,8,10,13-14H2,(H,24,26). The summed E-state index contributed by atoms with van der Waals surface area (Å²) in [5, 5.41) is 2.63. The second-order valence-corrected chi connectivity index (χ2v) is 7.39. The van der Waals surface area contributed by atoms with Crippen molar-refractivity contribution in [3.63, 3.8) is 0 Å². The van der Waals surface area contributed by atoms with Crippen molar-refractivity contribution in [3.8, 4) is 11.5 Å². The van der Waals surface area contributed by atoms with Crippen LogP contribution in [-0.2, 0) is 27.2 Å². The van der Waals surface area contributed by atoms with E-state index in [1.54, 1.807) is 18.2 Å². The summed E-state index contributed by atoms with van der Waals surface area (Å²) in [4.78, 5) is 36.3. The van der Waals surface area contributed by atoms with Gasteiger partial charge in [0.2, 0.25) is 6.79 Å². The Bertz CT molecular complexity index is 984. The van der Waals surface area contributed by atoms with Gasteiger partial charge < -0.3 is 19.5 Å². The predicted molar refractivity (Wildman–Crippen MR) is 109 cm³/mol. The maximum Gasteiger partial charge on any atom is 0.306 e. The number of hydrogen-bond acceptors (Lipinski definition) is 6. The molecule has 1 N–H and O–H groups in total. The fourth-order valence-electron chi connectivity index (χ4n) is 3.66. The number of nitrogens with one attached hydrogen (secondary N) is 1. The molecule has 0 fully saturated rings. The van der Waals surface area contributed by atoms with E-state index in [1.165, 1.54) is 17.5 Å². The Kier molecular flexibility index (Phi) is 5.97. The third-order valence-electron chi connectivity index (χ3n) is 5.25. The second kappa shape index (κ2) is 8.98. The van der Waals surface area contributed by atoms with Gasteiger partial charge in [0.1, 0.15) is 0 Å². The number of amides is 1. The average molecular weight is 409 g/mol. The lowest BCUT2D eigenvalue weighted by molar-refractivity contribution is -0.147. The number of benzene rings is 2. The lowest BCUT2D eigenvalue weighted by Gasteiger charge is -2.16. The largest absolute Gasteiger partial charge is 0.456 e. The topological polar surface area (TPSA) is 90.9 Å². The number of carbonyl (C=O) groups is 3. The van der Waals surface area contributed by atoms with Crippen molar-refractivity contribution in [1.82, 2.24) is 0 Å². The van der Waals surface area contributed by atoms with Gasteiger partial charge in [-0.1, -0.05) is 12.1 Å². The molecule has 156 valence electrons. The van der Waals surface area contributed by atoms with E-state index in [-0.39, 0.29) is 25.4 Å². The fraction of sp³-hybridized carbons (Fsp3) is 0.348. The van der Waals surface area contributed by atoms with Gasteiger partial charge in [-0.15, -0.1) is 0 Å². The third-order valence-corrected chi connectivity index (χ3v) is 5.25. The molecule has 2 aromatic carbocycles. The van der Waals surface area contributed by atoms with Crippen LogP contribution in [0.1, 0.15) is 47.2 Å². The molecule has 7 heteroatoms. The summed E-state index contributed by atoms with van der Waals surface area (Å²) < 4.78 is 15.4. The second-order valence-electron chi connectivity index (χ2n) is 7.39. The normalized spacial score (nSPS) is 14.0. The zero-order valence-corrected chi connectivity index (χ0v) is 16.6. The monoisotopic (exact) mass is 409 g/mol. The predicted octanol–water partition coefficient (Wildman–Crippen LogP) is 3.44. The fourth-order valence-corrected chi connectivity index (χ4v) is 3.66. The van der Waals surface area contributed by atoms with Crippen molar-refractivity contribution in [3.05, 3.63) is 53.1 Å². The first-order valence-electron chi connectivity index (χ1n) is 10.1. The van der Waals surface area contributed by atoms with Crippen LogP contribution in [0.3, 0.4) is 0 Å². The van der Waals surface area contributed by atoms with Gasteiger partial charge in [-0.05, 0) is 55.0 Å². The molecule has 1 amide bonds. The lowest BCUT2D eigenvalue weighted by Crippen LogP contribution is -2.21. The highest BCUT2D eigenvalue weighted by Gasteiger charge is 2.16. The van der Waals surface area contributed by atoms with Gasteiger partial charge in [-0.3, -0.25) is 14.4 Å². The number of ether oxygens (including phenoxy) is 3. The van der Waals surface area contributed by atoms with Gasteiger partial charge in [0, 0.05) is 23.7 Å². The van der Waals surface area contributed by atoms with Crippen molar-refractivity contribution < 1.29 is 28.6 Å². The number of rotatable bonds is 7. The summed E-state index contributed by atoms with van der Waals surface area (Å²) in [6, 6.07) is 10.8. The first kappa shape index (κ1) is 19.9. The first-order chi connectivity index (χ1) is 14.6. The highest BCUT2D eigenvalue weighted by atomic mass is 16.7. The van der Waals surface area contributed by atoms with E-state index in [0.29, 0.717) is 22.7 Å². The third kappa shape index (κ3) is 4.79. The van der Waals surface area contributed by atoms with Crippen LogP contribution >= 0.6 is 0 Å². The molecule has 0 saturated carbocycles. The molecule has 2 aromatic rings. The minimum Gasteiger partial charge on any atom is -0.456 e. The van der Waals surface area contributed by atoms with Crippen molar-refractivity contribution in [2.24, 2.45) is 0 Å². The summed E-state index contributed by atoms with van der Waals surface area (Å²) in [5.74, 6) is 0.0176. The summed E-state index contributed by atoms with van der Waals surface area (Å²) >= 11 is 0. The van der Waals surface area contributed by atoms with Crippen LogP contribution < -0.4 is 14.8 Å². The van der Waals surface area contributed by atoms with Crippen LogP contribution in [-0.4, -0.2) is 31.1 Å². The number of aryl methyl sites for hydroxylation is 2. The smallest absolute Gasteiger partial charge is 0.306 e. The Labute approximate surface area is 174 Å². The first-order valence-corrected chi connectivity index (χ1v) is 10.1. The summed E-state index contributed by atoms with van der Waals surface area (Å²) in [5.41, 5.74) is 3.69. The van der Waals surface area contributed by atoms with Crippen LogP contribution in [0.25, 0.3) is 0 Å². The molecule has 1 heterocycles. The van der Waals surface area contributed by atoms with E-state index < -0.39 is 18.5 Å². The Balaban J connectivity index is 1.21. The number of carbonyl (C=O) groups excluding carboxylic acids is 3. The molecule has 0 unspecified atom stereocenters. The molecule has 1 aliphatic carbocycles. The highest BCUT2D eigenvalue weighted by molar-refractivity contribution is 5.98. The molecule has 0 radical (unpaired) electrons. The van der Waals surface area contributed by atoms with E-state index >= 15 is 0 Å². The quantitative estimate of drug-likeness (QED) is 0.556. The lowest BCUT2D eigenvalue weighted by atomic mass is 9.89. The van der Waals surface area contributed by atoms with Gasteiger partial charge in [-0.25, -0.2) is 0 Å². The number of ketones is 1. The minimum atomic E-state index is -0.581. The van der Waals surface area contributed by atoms with E-state index in [0.717, 1.165) is 19.3 Å². The van der Waals surface area contributed by atoms with Crippen LogP contribution in [0.2, 0.25) is 0 Å². The summed E-state index contributed by atoms with van der Waals surface area (Å²) in [6.07, 6.45) is 4.38. The van der Waals surface area contributed by atoms with Gasteiger partial charge >= 0.3 is 5.97 Å². The van der Waals surface area contributed by atoms with E-state index in [4.69, 9.17) is 14.2 Å². The summed E-state index contributed by atoms with van der Waals surface area (Å²) in [6.45, 7) is -0.269. The van der Waals surface area contributed by atoms with Crippen molar-refractivity contribution in [1.29, 1.82) is 0 Å². The molecule has 0 saturated heterocycles. The van der Waals surface area contributed by atoms with Gasteiger partial charge in [0.05, 0.1) is 6.42 Å². The molecular weight excluding hydrogens is 386 g/mol. The number of Topliss-reactive ketones (excluding diaryl/α,β-unsaturated/α-hetero) is 1. The molecule has 0 spiro atoms. The van der Waals surface area contributed by atoms with Crippen LogP contribution in [0.4, 0.5) is 5.69 Å². The van der Waals surface area contributed by atoms with Crippen LogP contribution in [0, 0.1) is 0 Å². The zero-order valence-electron chi connectivity index (χ0n) is 16.6. The maximum absolute atomic E-state index is 12.4. The van der Waals surface area contributed by atoms with Crippen LogP contribution in [0.5, 0.6) is 11.5 Å². The zero-order chi connectivity index (χ0) is 20.9. The molecule has 0 bridgehead atoms.